The largest absolute Gasteiger partial charge is 0.481 e. The Morgan fingerprint density at radius 1 is 0.788 bits per heavy atom. The van der Waals surface area contributed by atoms with Crippen LogP contribution < -0.4 is 0 Å². The van der Waals surface area contributed by atoms with Gasteiger partial charge in [-0.3, -0.25) is 19.3 Å². The van der Waals surface area contributed by atoms with Crippen LogP contribution in [-0.2, 0) is 19.1 Å². The molecule has 1 amide bonds. The summed E-state index contributed by atoms with van der Waals surface area (Å²) in [6.45, 7) is 27.1. The number of ether oxygens (including phenoxy) is 1. The van der Waals surface area contributed by atoms with Crippen LogP contribution in [0.5, 0.6) is 0 Å². The monoisotopic (exact) mass is 721 g/mol. The van der Waals surface area contributed by atoms with E-state index in [2.05, 4.69) is 57.9 Å². The molecule has 0 radical (unpaired) electrons. The molecule has 52 heavy (non-hydrogen) atoms. The van der Waals surface area contributed by atoms with Crippen molar-refractivity contribution in [3.05, 3.63) is 12.2 Å². The third-order valence-corrected chi connectivity index (χ3v) is 17.9. The van der Waals surface area contributed by atoms with E-state index in [1.165, 1.54) is 63.4 Å². The van der Waals surface area contributed by atoms with E-state index >= 15 is 0 Å². The first-order valence-electron chi connectivity index (χ1n) is 21.3. The van der Waals surface area contributed by atoms with Crippen molar-refractivity contribution in [1.82, 2.24) is 9.80 Å². The number of carboxylic acid groups (broad SMARTS) is 1. The maximum absolute atomic E-state index is 14.2. The van der Waals surface area contributed by atoms with Crippen LogP contribution in [0.25, 0.3) is 0 Å². The third-order valence-electron chi connectivity index (χ3n) is 17.9. The number of hydrogen-bond donors (Lipinski definition) is 1. The third kappa shape index (κ3) is 6.21. The van der Waals surface area contributed by atoms with Gasteiger partial charge in [-0.1, -0.05) is 60.6 Å². The van der Waals surface area contributed by atoms with Gasteiger partial charge in [-0.05, 0) is 141 Å². The Morgan fingerprint density at radius 2 is 1.48 bits per heavy atom. The minimum atomic E-state index is -0.877. The van der Waals surface area contributed by atoms with Crippen molar-refractivity contribution in [2.75, 3.05) is 26.2 Å². The molecule has 0 bridgehead atoms. The number of nitrogens with zero attached hydrogens (tertiary/aromatic N) is 2. The highest BCUT2D eigenvalue weighted by Crippen LogP contribution is 2.78. The van der Waals surface area contributed by atoms with Gasteiger partial charge in [0.1, 0.15) is 6.10 Å². The Labute approximate surface area is 315 Å². The lowest BCUT2D eigenvalue weighted by Crippen LogP contribution is -2.67. The van der Waals surface area contributed by atoms with E-state index in [1.54, 1.807) is 0 Å². The number of carboxylic acids is 1. The lowest BCUT2D eigenvalue weighted by Gasteiger charge is -2.73. The fourth-order valence-corrected chi connectivity index (χ4v) is 15.0. The summed E-state index contributed by atoms with van der Waals surface area (Å²) in [5.41, 5.74) is 1.28. The summed E-state index contributed by atoms with van der Waals surface area (Å²) >= 11 is 0. The highest BCUT2D eigenvalue weighted by molar-refractivity contribution is 5.77. The average Bonchev–Trinajstić information content (AvgIpc) is 3.82. The summed E-state index contributed by atoms with van der Waals surface area (Å²) in [7, 11) is 0. The van der Waals surface area contributed by atoms with Gasteiger partial charge >= 0.3 is 11.9 Å². The van der Waals surface area contributed by atoms with Crippen LogP contribution in [0.1, 0.15) is 152 Å². The van der Waals surface area contributed by atoms with Gasteiger partial charge < -0.3 is 14.7 Å². The van der Waals surface area contributed by atoms with E-state index in [9.17, 15) is 19.5 Å². The lowest BCUT2D eigenvalue weighted by molar-refractivity contribution is -0.250. The molecule has 0 unspecified atom stereocenters. The molecule has 292 valence electrons. The van der Waals surface area contributed by atoms with Crippen LogP contribution in [0, 0.1) is 62.1 Å². The molecule has 0 spiro atoms. The number of carbonyl (C=O) groups excluding carboxylic acids is 2. The first-order valence-corrected chi connectivity index (χ1v) is 21.3. The molecule has 7 heteroatoms. The molecule has 6 aliphatic carbocycles. The van der Waals surface area contributed by atoms with Crippen molar-refractivity contribution in [2.45, 2.75) is 164 Å². The molecule has 6 saturated carbocycles. The predicted octanol–water partition coefficient (Wildman–Crippen LogP) is 9.14. The van der Waals surface area contributed by atoms with Gasteiger partial charge in [0.15, 0.2) is 0 Å². The maximum Gasteiger partial charge on any atom is 0.306 e. The number of allylic oxidation sites excluding steroid dienone is 1. The van der Waals surface area contributed by atoms with Gasteiger partial charge in [-0.25, -0.2) is 0 Å². The fraction of sp³-hybridized carbons (Fsp3) is 0.889. The van der Waals surface area contributed by atoms with E-state index in [-0.39, 0.29) is 52.0 Å². The fourth-order valence-electron chi connectivity index (χ4n) is 15.0. The summed E-state index contributed by atoms with van der Waals surface area (Å²) in [4.78, 5) is 43.7. The standard InChI is InChI=1S/C45H72N2O5/c1-29(2)31-14-19-45(26-36(48)47-24-22-46(23-25-47)30-10-11-30)21-20-43(8)32(39(31)45)12-13-34-42(7)17-16-35(41(5,6)33(42)15-18-44(34,43)9)52-38(51)28-40(3,4)27-37(49)50/h30-35,39H,1,10-28H2,2-9H3,(H,49,50)/t31-,32+,33-,34+,35-,39+,42-,43+,44+,45+/m0/s1. The number of rotatable bonds is 9. The van der Waals surface area contributed by atoms with Crippen molar-refractivity contribution in [1.29, 1.82) is 0 Å². The number of esters is 1. The van der Waals surface area contributed by atoms with E-state index in [1.807, 2.05) is 13.8 Å². The Bertz CT molecular complexity index is 1440. The molecule has 7 nitrogen and oxygen atoms in total. The molecule has 1 heterocycles. The second-order valence-electron chi connectivity index (χ2n) is 21.6. The van der Waals surface area contributed by atoms with Crippen molar-refractivity contribution in [3.63, 3.8) is 0 Å². The van der Waals surface area contributed by atoms with Crippen molar-refractivity contribution >= 4 is 17.8 Å². The molecular formula is C45H72N2O5. The van der Waals surface area contributed by atoms with E-state index < -0.39 is 11.4 Å². The number of piperazine rings is 1. The first-order chi connectivity index (χ1) is 24.3. The molecule has 0 aromatic carbocycles. The molecule has 7 rings (SSSR count). The van der Waals surface area contributed by atoms with Gasteiger partial charge in [-0.2, -0.15) is 0 Å². The molecule has 1 aliphatic heterocycles. The number of fused-ring (bicyclic) bond motifs is 7. The molecule has 0 aromatic rings. The number of carbonyl (C=O) groups is 3. The predicted molar refractivity (Wildman–Crippen MR) is 205 cm³/mol. The summed E-state index contributed by atoms with van der Waals surface area (Å²) < 4.78 is 6.30. The zero-order valence-corrected chi connectivity index (χ0v) is 34.2. The molecular weight excluding hydrogens is 649 g/mol. The zero-order chi connectivity index (χ0) is 37.6. The van der Waals surface area contributed by atoms with Crippen LogP contribution in [0.2, 0.25) is 0 Å². The van der Waals surface area contributed by atoms with Crippen LogP contribution in [0.15, 0.2) is 12.2 Å². The van der Waals surface area contributed by atoms with Crippen molar-refractivity contribution in [3.8, 4) is 0 Å². The van der Waals surface area contributed by atoms with Gasteiger partial charge in [-0.15, -0.1) is 0 Å². The van der Waals surface area contributed by atoms with Crippen molar-refractivity contribution in [2.24, 2.45) is 62.1 Å². The minimum absolute atomic E-state index is 0.0417. The Hall–Kier alpha value is -1.89. The number of amides is 1. The van der Waals surface area contributed by atoms with Crippen LogP contribution in [-0.4, -0.2) is 71.1 Å². The number of aliphatic carboxylic acids is 1. The summed E-state index contributed by atoms with van der Waals surface area (Å²) in [5.74, 6) is 2.05. The lowest BCUT2D eigenvalue weighted by atomic mass is 9.32. The topological polar surface area (TPSA) is 87.2 Å². The smallest absolute Gasteiger partial charge is 0.306 e. The molecule has 10 atom stereocenters. The van der Waals surface area contributed by atoms with Gasteiger partial charge in [0.05, 0.1) is 12.8 Å². The molecule has 7 fully saturated rings. The first kappa shape index (κ1) is 38.4. The highest BCUT2D eigenvalue weighted by Gasteiger charge is 2.71. The Balaban J connectivity index is 1.09. The van der Waals surface area contributed by atoms with E-state index in [0.29, 0.717) is 35.5 Å². The van der Waals surface area contributed by atoms with Gasteiger partial charge in [0.2, 0.25) is 5.91 Å². The van der Waals surface area contributed by atoms with E-state index in [0.717, 1.165) is 57.9 Å². The molecule has 7 aliphatic rings. The minimum Gasteiger partial charge on any atom is -0.481 e. The summed E-state index contributed by atoms with van der Waals surface area (Å²) in [5, 5.41) is 9.36. The van der Waals surface area contributed by atoms with Crippen molar-refractivity contribution < 1.29 is 24.2 Å². The summed E-state index contributed by atoms with van der Waals surface area (Å²) in [6, 6.07) is 0.782. The van der Waals surface area contributed by atoms with Crippen LogP contribution in [0.4, 0.5) is 0 Å². The Kier molecular flexibility index (Phi) is 9.68. The highest BCUT2D eigenvalue weighted by atomic mass is 16.5. The van der Waals surface area contributed by atoms with Gasteiger partial charge in [0.25, 0.3) is 0 Å². The summed E-state index contributed by atoms with van der Waals surface area (Å²) in [6.07, 6.45) is 14.9. The molecule has 0 aromatic heterocycles. The quantitative estimate of drug-likeness (QED) is 0.189. The number of hydrogen-bond acceptors (Lipinski definition) is 5. The SMILES string of the molecule is C=C(C)[C@@H]1CC[C@]2(CC(=O)N3CCN(C4CC4)CC3)CC[C@]3(C)[C@H](CC[C@@H]4[C@@]5(C)CC[C@H](OC(=O)CC(C)(C)CC(=O)O)C(C)(C)[C@@H]5CC[C@]43C)[C@@H]12. The normalized spacial score (nSPS) is 43.0. The average molecular weight is 721 g/mol. The maximum atomic E-state index is 14.2. The molecule has 1 N–H and O–H groups in total. The second kappa shape index (κ2) is 13.1. The van der Waals surface area contributed by atoms with E-state index in [4.69, 9.17) is 4.74 Å². The second-order valence-corrected chi connectivity index (χ2v) is 21.6. The van der Waals surface area contributed by atoms with Gasteiger partial charge in [0, 0.05) is 44.1 Å². The van der Waals surface area contributed by atoms with Crippen LogP contribution >= 0.6 is 0 Å². The Morgan fingerprint density at radius 3 is 2.12 bits per heavy atom. The molecule has 1 saturated heterocycles. The van der Waals surface area contributed by atoms with Crippen LogP contribution in [0.3, 0.4) is 0 Å². The zero-order valence-electron chi connectivity index (χ0n) is 34.2.